The number of aromatic nitrogens is 4. The summed E-state index contributed by atoms with van der Waals surface area (Å²) in [6, 6.07) is 7.21. The molecule has 0 unspecified atom stereocenters. The van der Waals surface area contributed by atoms with E-state index in [4.69, 9.17) is 0 Å². The van der Waals surface area contributed by atoms with Gasteiger partial charge in [-0.05, 0) is 38.1 Å². The standard InChI is InChI=1S/C14H14N4O/c1-9(2)18-8-16-13-14(18)17-12(7-15-13)10-3-5-11(19)6-4-10/h3-9,19H,1-2H3. The van der Waals surface area contributed by atoms with Crippen LogP contribution < -0.4 is 0 Å². The van der Waals surface area contributed by atoms with Crippen LogP contribution in [0.3, 0.4) is 0 Å². The molecule has 1 aromatic carbocycles. The maximum atomic E-state index is 9.31. The topological polar surface area (TPSA) is 63.8 Å². The normalized spacial score (nSPS) is 11.3. The number of benzene rings is 1. The van der Waals surface area contributed by atoms with Gasteiger partial charge < -0.3 is 9.67 Å². The first-order valence-corrected chi connectivity index (χ1v) is 6.14. The lowest BCUT2D eigenvalue weighted by Crippen LogP contribution is -2.00. The van der Waals surface area contributed by atoms with Crippen LogP contribution in [0.25, 0.3) is 22.6 Å². The lowest BCUT2D eigenvalue weighted by molar-refractivity contribution is 0.475. The first-order chi connectivity index (χ1) is 9.15. The molecule has 0 aliphatic heterocycles. The van der Waals surface area contributed by atoms with Crippen molar-refractivity contribution >= 4 is 11.3 Å². The molecule has 0 bridgehead atoms. The zero-order valence-electron chi connectivity index (χ0n) is 10.8. The van der Waals surface area contributed by atoms with Crippen molar-refractivity contribution in [2.45, 2.75) is 19.9 Å². The number of fused-ring (bicyclic) bond motifs is 1. The first-order valence-electron chi connectivity index (χ1n) is 6.14. The molecule has 0 fully saturated rings. The molecule has 0 atom stereocenters. The number of hydrogen-bond acceptors (Lipinski definition) is 4. The van der Waals surface area contributed by atoms with E-state index in [0.29, 0.717) is 5.65 Å². The van der Waals surface area contributed by atoms with Crippen molar-refractivity contribution < 1.29 is 5.11 Å². The highest BCUT2D eigenvalue weighted by Gasteiger charge is 2.10. The summed E-state index contributed by atoms with van der Waals surface area (Å²) >= 11 is 0. The average Bonchev–Trinajstić information content (AvgIpc) is 2.82. The Balaban J connectivity index is 2.14. The van der Waals surface area contributed by atoms with Gasteiger partial charge >= 0.3 is 0 Å². The van der Waals surface area contributed by atoms with Crippen molar-refractivity contribution in [3.63, 3.8) is 0 Å². The first kappa shape index (κ1) is 11.6. The van der Waals surface area contributed by atoms with E-state index in [-0.39, 0.29) is 11.8 Å². The van der Waals surface area contributed by atoms with Crippen molar-refractivity contribution in [1.29, 1.82) is 0 Å². The second-order valence-electron chi connectivity index (χ2n) is 4.69. The maximum Gasteiger partial charge on any atom is 0.197 e. The summed E-state index contributed by atoms with van der Waals surface area (Å²) < 4.78 is 1.99. The fraction of sp³-hybridized carbons (Fsp3) is 0.214. The van der Waals surface area contributed by atoms with Gasteiger partial charge in [-0.1, -0.05) is 0 Å². The number of rotatable bonds is 2. The van der Waals surface area contributed by atoms with Crippen LogP contribution in [0.1, 0.15) is 19.9 Å². The van der Waals surface area contributed by atoms with Crippen molar-refractivity contribution in [3.05, 3.63) is 36.8 Å². The molecule has 2 aromatic heterocycles. The smallest absolute Gasteiger partial charge is 0.197 e. The Morgan fingerprint density at radius 3 is 2.53 bits per heavy atom. The van der Waals surface area contributed by atoms with E-state index in [1.807, 2.05) is 16.7 Å². The molecule has 0 radical (unpaired) electrons. The van der Waals surface area contributed by atoms with Gasteiger partial charge in [-0.2, -0.15) is 0 Å². The summed E-state index contributed by atoms with van der Waals surface area (Å²) in [5, 5.41) is 9.31. The minimum absolute atomic E-state index is 0.241. The van der Waals surface area contributed by atoms with Crippen LogP contribution in [0.2, 0.25) is 0 Å². The molecule has 5 nitrogen and oxygen atoms in total. The summed E-state index contributed by atoms with van der Waals surface area (Å²) in [6.07, 6.45) is 3.46. The summed E-state index contributed by atoms with van der Waals surface area (Å²) in [5.74, 6) is 0.241. The van der Waals surface area contributed by atoms with E-state index in [1.54, 1.807) is 24.7 Å². The third-order valence-corrected chi connectivity index (χ3v) is 3.00. The molecule has 3 aromatic rings. The predicted octanol–water partition coefficient (Wildman–Crippen LogP) is 2.78. The highest BCUT2D eigenvalue weighted by Crippen LogP contribution is 2.22. The summed E-state index contributed by atoms with van der Waals surface area (Å²) in [4.78, 5) is 13.2. The van der Waals surface area contributed by atoms with Crippen molar-refractivity contribution in [3.8, 4) is 17.0 Å². The molecule has 19 heavy (non-hydrogen) atoms. The van der Waals surface area contributed by atoms with E-state index < -0.39 is 0 Å². The SMILES string of the molecule is CC(C)n1cnc2ncc(-c3ccc(O)cc3)nc21. The minimum atomic E-state index is 0.241. The Labute approximate surface area is 110 Å². The molecular weight excluding hydrogens is 240 g/mol. The largest absolute Gasteiger partial charge is 0.508 e. The number of hydrogen-bond donors (Lipinski definition) is 1. The Morgan fingerprint density at radius 1 is 1.11 bits per heavy atom. The zero-order valence-corrected chi connectivity index (χ0v) is 10.8. The number of nitrogens with zero attached hydrogens (tertiary/aromatic N) is 4. The van der Waals surface area contributed by atoms with E-state index in [0.717, 1.165) is 16.9 Å². The van der Waals surface area contributed by atoms with Crippen LogP contribution in [-0.4, -0.2) is 24.6 Å². The van der Waals surface area contributed by atoms with Gasteiger partial charge in [0.05, 0.1) is 18.2 Å². The van der Waals surface area contributed by atoms with E-state index in [1.165, 1.54) is 0 Å². The second-order valence-corrected chi connectivity index (χ2v) is 4.69. The van der Waals surface area contributed by atoms with Crippen LogP contribution in [0, 0.1) is 0 Å². The van der Waals surface area contributed by atoms with E-state index in [2.05, 4.69) is 28.8 Å². The van der Waals surface area contributed by atoms with Crippen LogP contribution in [0.5, 0.6) is 5.75 Å². The summed E-state index contributed by atoms with van der Waals surface area (Å²) in [6.45, 7) is 4.16. The Bertz CT molecular complexity index is 716. The van der Waals surface area contributed by atoms with Crippen LogP contribution in [0.15, 0.2) is 36.8 Å². The van der Waals surface area contributed by atoms with Crippen LogP contribution >= 0.6 is 0 Å². The van der Waals surface area contributed by atoms with Crippen LogP contribution in [-0.2, 0) is 0 Å². The molecule has 0 saturated heterocycles. The van der Waals surface area contributed by atoms with Gasteiger partial charge in [0.1, 0.15) is 5.75 Å². The molecule has 3 rings (SSSR count). The van der Waals surface area contributed by atoms with Crippen molar-refractivity contribution in [2.75, 3.05) is 0 Å². The van der Waals surface area contributed by atoms with E-state index >= 15 is 0 Å². The fourth-order valence-electron chi connectivity index (χ4n) is 1.96. The predicted molar refractivity (Wildman–Crippen MR) is 72.8 cm³/mol. The number of aromatic hydroxyl groups is 1. The second kappa shape index (κ2) is 4.35. The monoisotopic (exact) mass is 254 g/mol. The van der Waals surface area contributed by atoms with Gasteiger partial charge in [0, 0.05) is 11.6 Å². The third-order valence-electron chi connectivity index (χ3n) is 3.00. The quantitative estimate of drug-likeness (QED) is 0.763. The molecule has 0 spiro atoms. The number of phenolic OH excluding ortho intramolecular Hbond substituents is 1. The number of phenols is 1. The molecule has 0 aliphatic rings. The highest BCUT2D eigenvalue weighted by molar-refractivity contribution is 5.71. The molecule has 0 aliphatic carbocycles. The zero-order chi connectivity index (χ0) is 13.4. The van der Waals surface area contributed by atoms with Gasteiger partial charge in [-0.3, -0.25) is 0 Å². The lowest BCUT2D eigenvalue weighted by Gasteiger charge is -2.07. The van der Waals surface area contributed by atoms with Gasteiger partial charge in [0.15, 0.2) is 11.3 Å². The Morgan fingerprint density at radius 2 is 1.84 bits per heavy atom. The van der Waals surface area contributed by atoms with Gasteiger partial charge in [0.25, 0.3) is 0 Å². The molecule has 5 heteroatoms. The fourth-order valence-corrected chi connectivity index (χ4v) is 1.96. The molecular formula is C14H14N4O. The van der Waals surface area contributed by atoms with E-state index in [9.17, 15) is 5.11 Å². The van der Waals surface area contributed by atoms with Crippen molar-refractivity contribution in [1.82, 2.24) is 19.5 Å². The maximum absolute atomic E-state index is 9.31. The summed E-state index contributed by atoms with van der Waals surface area (Å²) in [7, 11) is 0. The third kappa shape index (κ3) is 2.03. The van der Waals surface area contributed by atoms with Gasteiger partial charge in [-0.25, -0.2) is 15.0 Å². The lowest BCUT2D eigenvalue weighted by atomic mass is 10.1. The van der Waals surface area contributed by atoms with Gasteiger partial charge in [-0.15, -0.1) is 0 Å². The number of imidazole rings is 1. The molecule has 0 saturated carbocycles. The molecule has 0 amide bonds. The Kier molecular flexibility index (Phi) is 2.67. The van der Waals surface area contributed by atoms with Crippen LogP contribution in [0.4, 0.5) is 0 Å². The average molecular weight is 254 g/mol. The molecule has 96 valence electrons. The summed E-state index contributed by atoms with van der Waals surface area (Å²) in [5.41, 5.74) is 3.12. The highest BCUT2D eigenvalue weighted by atomic mass is 16.3. The minimum Gasteiger partial charge on any atom is -0.508 e. The van der Waals surface area contributed by atoms with Gasteiger partial charge in [0.2, 0.25) is 0 Å². The Hall–Kier alpha value is -2.43. The molecule has 1 N–H and O–H groups in total. The molecule has 2 heterocycles. The van der Waals surface area contributed by atoms with Crippen molar-refractivity contribution in [2.24, 2.45) is 0 Å².